The fraction of sp³-hybridized carbons (Fsp3) is 0.111. The van der Waals surface area contributed by atoms with E-state index in [1.165, 1.54) is 20.4 Å². The quantitative estimate of drug-likeness (QED) is 0.633. The summed E-state index contributed by atoms with van der Waals surface area (Å²) in [6.07, 6.45) is 3.54. The fourth-order valence-electron chi connectivity index (χ4n) is 2.52. The Balaban J connectivity index is 2.06. The van der Waals surface area contributed by atoms with Crippen LogP contribution in [0.15, 0.2) is 42.9 Å². The number of ether oxygens (including phenoxy) is 1. The molecule has 9 heteroatoms. The van der Waals surface area contributed by atoms with E-state index in [4.69, 9.17) is 10.5 Å². The number of carbonyl (C=O) groups is 1. The highest BCUT2D eigenvalue weighted by Crippen LogP contribution is 2.37. The number of nitrogen functional groups attached to an aromatic ring is 1. The molecule has 2 aromatic heterocycles. The molecule has 0 saturated carbocycles. The first-order chi connectivity index (χ1) is 13.0. The summed E-state index contributed by atoms with van der Waals surface area (Å²) in [5.74, 6) is 0.138. The number of carbonyl (C=O) groups excluding carboxylic acids is 1. The summed E-state index contributed by atoms with van der Waals surface area (Å²) in [4.78, 5) is 24.0. The van der Waals surface area contributed by atoms with Gasteiger partial charge in [-0.05, 0) is 12.1 Å². The van der Waals surface area contributed by atoms with Crippen molar-refractivity contribution in [3.05, 3.63) is 54.2 Å². The average molecular weight is 368 g/mol. The summed E-state index contributed by atoms with van der Waals surface area (Å²) in [6, 6.07) is 6.82. The molecule has 0 fully saturated rings. The molecule has 1 amide bonds. The standard InChI is InChI=1S/C18H17FN6O2/c1-21-18(26)12-9-22-15(20)6-14(12)25-13-5-3-4-11(16(13)27-2)17-23-7-10(19)8-24-17/h3-9H,1-2H3,(H,21,26)(H3,20,22,25). The van der Waals surface area contributed by atoms with E-state index >= 15 is 0 Å². The van der Waals surface area contributed by atoms with Crippen molar-refractivity contribution in [2.24, 2.45) is 0 Å². The van der Waals surface area contributed by atoms with Gasteiger partial charge in [-0.15, -0.1) is 0 Å². The number of methoxy groups -OCH3 is 1. The van der Waals surface area contributed by atoms with Crippen molar-refractivity contribution in [2.75, 3.05) is 25.2 Å². The van der Waals surface area contributed by atoms with Crippen LogP contribution < -0.4 is 21.1 Å². The summed E-state index contributed by atoms with van der Waals surface area (Å²) in [5.41, 5.74) is 7.65. The van der Waals surface area contributed by atoms with Gasteiger partial charge >= 0.3 is 0 Å². The topological polar surface area (TPSA) is 115 Å². The zero-order valence-corrected chi connectivity index (χ0v) is 14.7. The number of para-hydroxylation sites is 1. The van der Waals surface area contributed by atoms with Crippen molar-refractivity contribution in [3.63, 3.8) is 0 Å². The van der Waals surface area contributed by atoms with Crippen molar-refractivity contribution in [1.29, 1.82) is 0 Å². The summed E-state index contributed by atoms with van der Waals surface area (Å²) in [6.45, 7) is 0. The van der Waals surface area contributed by atoms with Crippen molar-refractivity contribution >= 4 is 23.1 Å². The van der Waals surface area contributed by atoms with Crippen molar-refractivity contribution in [1.82, 2.24) is 20.3 Å². The normalized spacial score (nSPS) is 10.3. The lowest BCUT2D eigenvalue weighted by Crippen LogP contribution is -2.19. The maximum atomic E-state index is 13.1. The summed E-state index contributed by atoms with van der Waals surface area (Å²) in [7, 11) is 3.02. The Hall–Kier alpha value is -3.75. The van der Waals surface area contributed by atoms with Gasteiger partial charge in [-0.2, -0.15) is 0 Å². The Morgan fingerprint density at radius 2 is 1.89 bits per heavy atom. The molecular formula is C18H17FN6O2. The highest BCUT2D eigenvalue weighted by molar-refractivity contribution is 6.00. The van der Waals surface area contributed by atoms with Gasteiger partial charge < -0.3 is 21.1 Å². The molecule has 1 aromatic carbocycles. The molecule has 0 radical (unpaired) electrons. The molecule has 3 aromatic rings. The second-order valence-corrected chi connectivity index (χ2v) is 5.47. The van der Waals surface area contributed by atoms with Crippen molar-refractivity contribution in [2.45, 2.75) is 0 Å². The Labute approximate surface area is 154 Å². The first kappa shape index (κ1) is 18.1. The minimum absolute atomic E-state index is 0.252. The number of benzene rings is 1. The van der Waals surface area contributed by atoms with Gasteiger partial charge in [-0.1, -0.05) is 6.07 Å². The molecule has 0 aliphatic carbocycles. The average Bonchev–Trinajstić information content (AvgIpc) is 2.68. The zero-order valence-electron chi connectivity index (χ0n) is 14.7. The molecule has 4 N–H and O–H groups in total. The van der Waals surface area contributed by atoms with E-state index in [1.807, 2.05) is 0 Å². The minimum atomic E-state index is -0.533. The van der Waals surface area contributed by atoms with Gasteiger partial charge in [-0.25, -0.2) is 19.3 Å². The number of aromatic nitrogens is 3. The molecular weight excluding hydrogens is 351 g/mol. The Kier molecular flexibility index (Phi) is 5.11. The van der Waals surface area contributed by atoms with E-state index in [2.05, 4.69) is 25.6 Å². The number of hydrogen-bond donors (Lipinski definition) is 3. The van der Waals surface area contributed by atoms with Crippen LogP contribution in [0.4, 0.5) is 21.6 Å². The van der Waals surface area contributed by atoms with Crippen LogP contribution in [0.25, 0.3) is 11.4 Å². The Morgan fingerprint density at radius 3 is 2.56 bits per heavy atom. The smallest absolute Gasteiger partial charge is 0.254 e. The lowest BCUT2D eigenvalue weighted by Gasteiger charge is -2.16. The van der Waals surface area contributed by atoms with Gasteiger partial charge in [0.25, 0.3) is 5.91 Å². The molecule has 8 nitrogen and oxygen atoms in total. The predicted molar refractivity (Wildman–Crippen MR) is 99.3 cm³/mol. The first-order valence-corrected chi connectivity index (χ1v) is 7.93. The van der Waals surface area contributed by atoms with E-state index in [1.54, 1.807) is 24.3 Å². The van der Waals surface area contributed by atoms with Gasteiger partial charge in [0.15, 0.2) is 17.4 Å². The Morgan fingerprint density at radius 1 is 1.15 bits per heavy atom. The highest BCUT2D eigenvalue weighted by Gasteiger charge is 2.17. The number of nitrogens with two attached hydrogens (primary N) is 1. The van der Waals surface area contributed by atoms with Crippen molar-refractivity contribution < 1.29 is 13.9 Å². The third kappa shape index (κ3) is 3.76. The van der Waals surface area contributed by atoms with Crippen LogP contribution >= 0.6 is 0 Å². The number of nitrogens with zero attached hydrogens (tertiary/aromatic N) is 3. The summed E-state index contributed by atoms with van der Waals surface area (Å²) in [5, 5.41) is 5.69. The van der Waals surface area contributed by atoms with Crippen LogP contribution in [-0.2, 0) is 0 Å². The third-order valence-corrected chi connectivity index (χ3v) is 3.75. The number of pyridine rings is 1. The summed E-state index contributed by atoms with van der Waals surface area (Å²) >= 11 is 0. The first-order valence-electron chi connectivity index (χ1n) is 7.93. The molecule has 0 bridgehead atoms. The maximum absolute atomic E-state index is 13.1. The molecule has 0 aliphatic heterocycles. The van der Waals surface area contributed by atoms with Gasteiger partial charge in [0.05, 0.1) is 42.0 Å². The van der Waals surface area contributed by atoms with Gasteiger partial charge in [0.1, 0.15) is 5.82 Å². The van der Waals surface area contributed by atoms with E-state index < -0.39 is 5.82 Å². The number of hydrogen-bond acceptors (Lipinski definition) is 7. The molecule has 0 unspecified atom stereocenters. The fourth-order valence-corrected chi connectivity index (χ4v) is 2.52. The molecule has 138 valence electrons. The van der Waals surface area contributed by atoms with Crippen LogP contribution in [0.2, 0.25) is 0 Å². The highest BCUT2D eigenvalue weighted by atomic mass is 19.1. The van der Waals surface area contributed by atoms with E-state index in [-0.39, 0.29) is 11.7 Å². The molecule has 0 spiro atoms. The van der Waals surface area contributed by atoms with Crippen molar-refractivity contribution in [3.8, 4) is 17.1 Å². The van der Waals surface area contributed by atoms with Crippen LogP contribution in [0.5, 0.6) is 5.75 Å². The van der Waals surface area contributed by atoms with Gasteiger partial charge in [0, 0.05) is 19.3 Å². The molecule has 0 aliphatic rings. The van der Waals surface area contributed by atoms with Crippen LogP contribution in [0, 0.1) is 5.82 Å². The van der Waals surface area contributed by atoms with Crippen LogP contribution in [0.3, 0.4) is 0 Å². The van der Waals surface area contributed by atoms with E-state index in [9.17, 15) is 9.18 Å². The van der Waals surface area contributed by atoms with Gasteiger partial charge in [-0.3, -0.25) is 4.79 Å². The second-order valence-electron chi connectivity index (χ2n) is 5.47. The zero-order chi connectivity index (χ0) is 19.4. The number of rotatable bonds is 5. The predicted octanol–water partition coefficient (Wildman–Crippen LogP) is 2.37. The lowest BCUT2D eigenvalue weighted by atomic mass is 10.1. The maximum Gasteiger partial charge on any atom is 0.254 e. The number of amides is 1. The van der Waals surface area contributed by atoms with E-state index in [0.717, 1.165) is 12.4 Å². The lowest BCUT2D eigenvalue weighted by molar-refractivity contribution is 0.0963. The molecule has 2 heterocycles. The second kappa shape index (κ2) is 7.65. The minimum Gasteiger partial charge on any atom is -0.494 e. The number of halogens is 1. The molecule has 3 rings (SSSR count). The van der Waals surface area contributed by atoms with E-state index in [0.29, 0.717) is 34.1 Å². The van der Waals surface area contributed by atoms with Crippen LogP contribution in [0.1, 0.15) is 10.4 Å². The largest absolute Gasteiger partial charge is 0.494 e. The molecule has 0 saturated heterocycles. The third-order valence-electron chi connectivity index (χ3n) is 3.75. The summed E-state index contributed by atoms with van der Waals surface area (Å²) < 4.78 is 18.6. The number of nitrogens with one attached hydrogen (secondary N) is 2. The van der Waals surface area contributed by atoms with Crippen LogP contribution in [-0.4, -0.2) is 35.0 Å². The van der Waals surface area contributed by atoms with Gasteiger partial charge in [0.2, 0.25) is 0 Å². The monoisotopic (exact) mass is 368 g/mol. The number of anilines is 3. The Bertz CT molecular complexity index is 978. The SMILES string of the molecule is CNC(=O)c1cnc(N)cc1Nc1cccc(-c2ncc(F)cn2)c1OC. The molecule has 0 atom stereocenters. The molecule has 27 heavy (non-hydrogen) atoms.